The zero-order valence-corrected chi connectivity index (χ0v) is 16.7. The van der Waals surface area contributed by atoms with Crippen LogP contribution in [-0.4, -0.2) is 20.9 Å². The Morgan fingerprint density at radius 3 is 2.50 bits per heavy atom. The summed E-state index contributed by atoms with van der Waals surface area (Å²) in [7, 11) is 0. The molecule has 0 saturated heterocycles. The number of amides is 1. The first-order valence-corrected chi connectivity index (χ1v) is 9.88. The number of hydrogen-bond donors (Lipinski definition) is 1. The maximum atomic E-state index is 13.1. The second-order valence-corrected chi connectivity index (χ2v) is 8.39. The second-order valence-electron chi connectivity index (χ2n) is 7.53. The molecule has 1 N–H and O–H groups in total. The van der Waals surface area contributed by atoms with Gasteiger partial charge in [-0.1, -0.05) is 45.0 Å². The molecule has 0 saturated carbocycles. The zero-order valence-electron chi connectivity index (χ0n) is 15.9. The van der Waals surface area contributed by atoms with E-state index in [-0.39, 0.29) is 11.3 Å². The number of benzene rings is 1. The van der Waals surface area contributed by atoms with Gasteiger partial charge in [0.15, 0.2) is 5.13 Å². The Labute approximate surface area is 167 Å². The summed E-state index contributed by atoms with van der Waals surface area (Å²) >= 11 is 1.43. The normalized spacial score (nSPS) is 11.5. The van der Waals surface area contributed by atoms with E-state index in [0.29, 0.717) is 16.4 Å². The monoisotopic (exact) mass is 388 g/mol. The standard InChI is InChI=1S/C22H20N4OS/c1-22(2,3)19-13-28-21(25-19)26-20(27)15-12-18(17-10-6-7-11-23-17)24-16-9-5-4-8-14(15)16/h4-13H,1-3H3,(H,25,26,27). The highest BCUT2D eigenvalue weighted by Crippen LogP contribution is 2.28. The first-order valence-electron chi connectivity index (χ1n) is 9.00. The first-order chi connectivity index (χ1) is 13.4. The third-order valence-electron chi connectivity index (χ3n) is 4.38. The van der Waals surface area contributed by atoms with Gasteiger partial charge in [0.2, 0.25) is 0 Å². The highest BCUT2D eigenvalue weighted by molar-refractivity contribution is 7.14. The number of carbonyl (C=O) groups is 1. The van der Waals surface area contributed by atoms with Crippen LogP contribution in [0.4, 0.5) is 5.13 Å². The summed E-state index contributed by atoms with van der Waals surface area (Å²) in [6.45, 7) is 6.30. The van der Waals surface area contributed by atoms with Gasteiger partial charge in [-0.3, -0.25) is 15.1 Å². The molecule has 0 spiro atoms. The summed E-state index contributed by atoms with van der Waals surface area (Å²) in [6.07, 6.45) is 1.72. The van der Waals surface area contributed by atoms with E-state index in [1.54, 1.807) is 12.3 Å². The van der Waals surface area contributed by atoms with Crippen LogP contribution in [0.25, 0.3) is 22.3 Å². The van der Waals surface area contributed by atoms with Crippen molar-refractivity contribution in [1.82, 2.24) is 15.0 Å². The number of aromatic nitrogens is 3. The molecule has 0 aliphatic heterocycles. The fourth-order valence-electron chi connectivity index (χ4n) is 2.85. The number of carbonyl (C=O) groups excluding carboxylic acids is 1. The van der Waals surface area contributed by atoms with E-state index in [1.165, 1.54) is 11.3 Å². The number of rotatable bonds is 3. The number of anilines is 1. The molecule has 3 heterocycles. The Bertz CT molecular complexity index is 1150. The van der Waals surface area contributed by atoms with Crippen molar-refractivity contribution in [3.63, 3.8) is 0 Å². The van der Waals surface area contributed by atoms with Crippen LogP contribution in [0.2, 0.25) is 0 Å². The number of thiazole rings is 1. The van der Waals surface area contributed by atoms with Crippen molar-refractivity contribution in [1.29, 1.82) is 0 Å². The van der Waals surface area contributed by atoms with Crippen molar-refractivity contribution >= 4 is 33.3 Å². The highest BCUT2D eigenvalue weighted by atomic mass is 32.1. The number of nitrogens with one attached hydrogen (secondary N) is 1. The van der Waals surface area contributed by atoms with Crippen molar-refractivity contribution in [2.24, 2.45) is 0 Å². The molecular formula is C22H20N4OS. The van der Waals surface area contributed by atoms with Gasteiger partial charge in [0.25, 0.3) is 5.91 Å². The van der Waals surface area contributed by atoms with E-state index >= 15 is 0 Å². The fourth-order valence-corrected chi connectivity index (χ4v) is 3.78. The van der Waals surface area contributed by atoms with Crippen molar-refractivity contribution in [2.45, 2.75) is 26.2 Å². The molecular weight excluding hydrogens is 368 g/mol. The summed E-state index contributed by atoms with van der Waals surface area (Å²) in [5.41, 5.74) is 3.60. The van der Waals surface area contributed by atoms with Gasteiger partial charge in [-0.25, -0.2) is 9.97 Å². The quantitative estimate of drug-likeness (QED) is 0.517. The predicted octanol–water partition coefficient (Wildman–Crippen LogP) is 5.30. The molecule has 1 aromatic carbocycles. The first kappa shape index (κ1) is 18.3. The zero-order chi connectivity index (χ0) is 19.7. The maximum Gasteiger partial charge on any atom is 0.258 e. The van der Waals surface area contributed by atoms with Gasteiger partial charge in [0.05, 0.1) is 28.2 Å². The summed E-state index contributed by atoms with van der Waals surface area (Å²) in [5.74, 6) is -0.203. The molecule has 28 heavy (non-hydrogen) atoms. The van der Waals surface area contributed by atoms with E-state index in [4.69, 9.17) is 0 Å². The average Bonchev–Trinajstić information content (AvgIpc) is 3.17. The van der Waals surface area contributed by atoms with Crippen molar-refractivity contribution in [3.8, 4) is 11.4 Å². The van der Waals surface area contributed by atoms with Crippen LogP contribution < -0.4 is 5.32 Å². The Hall–Kier alpha value is -3.12. The molecule has 4 rings (SSSR count). The number of nitrogens with zero attached hydrogens (tertiary/aromatic N) is 3. The van der Waals surface area contributed by atoms with Crippen LogP contribution in [-0.2, 0) is 5.41 Å². The molecule has 5 nitrogen and oxygen atoms in total. The van der Waals surface area contributed by atoms with Crippen LogP contribution in [0.1, 0.15) is 36.8 Å². The van der Waals surface area contributed by atoms with Gasteiger partial charge in [-0.2, -0.15) is 0 Å². The molecule has 0 unspecified atom stereocenters. The summed E-state index contributed by atoms with van der Waals surface area (Å²) in [5, 5.41) is 6.32. The largest absolute Gasteiger partial charge is 0.298 e. The molecule has 140 valence electrons. The SMILES string of the molecule is CC(C)(C)c1csc(NC(=O)c2cc(-c3ccccn3)nc3ccccc23)n1. The van der Waals surface area contributed by atoms with Gasteiger partial charge in [0, 0.05) is 22.4 Å². The molecule has 6 heteroatoms. The van der Waals surface area contributed by atoms with Gasteiger partial charge >= 0.3 is 0 Å². The maximum absolute atomic E-state index is 13.1. The average molecular weight is 388 g/mol. The molecule has 0 aliphatic carbocycles. The number of hydrogen-bond acceptors (Lipinski definition) is 5. The molecule has 0 atom stereocenters. The van der Waals surface area contributed by atoms with Gasteiger partial charge in [0.1, 0.15) is 0 Å². The minimum atomic E-state index is -0.203. The Kier molecular flexibility index (Phi) is 4.65. The van der Waals surface area contributed by atoms with Gasteiger partial charge in [-0.15, -0.1) is 11.3 Å². The van der Waals surface area contributed by atoms with Crippen LogP contribution in [0.15, 0.2) is 60.1 Å². The smallest absolute Gasteiger partial charge is 0.258 e. The van der Waals surface area contributed by atoms with Crippen molar-refractivity contribution < 1.29 is 4.79 Å². The minimum absolute atomic E-state index is 0.0605. The molecule has 1 amide bonds. The lowest BCUT2D eigenvalue weighted by Gasteiger charge is -2.14. The van der Waals surface area contributed by atoms with Crippen LogP contribution in [0, 0.1) is 0 Å². The molecule has 3 aromatic heterocycles. The lowest BCUT2D eigenvalue weighted by Crippen LogP contribution is -2.15. The topological polar surface area (TPSA) is 67.8 Å². The van der Waals surface area contributed by atoms with E-state index < -0.39 is 0 Å². The predicted molar refractivity (Wildman–Crippen MR) is 114 cm³/mol. The van der Waals surface area contributed by atoms with Crippen molar-refractivity contribution in [2.75, 3.05) is 5.32 Å². The number of pyridine rings is 2. The Balaban J connectivity index is 1.74. The van der Waals surface area contributed by atoms with Gasteiger partial charge in [-0.05, 0) is 24.3 Å². The van der Waals surface area contributed by atoms with E-state index in [9.17, 15) is 4.79 Å². The third kappa shape index (κ3) is 3.64. The Morgan fingerprint density at radius 1 is 1.00 bits per heavy atom. The second kappa shape index (κ2) is 7.13. The highest BCUT2D eigenvalue weighted by Gasteiger charge is 2.20. The summed E-state index contributed by atoms with van der Waals surface area (Å²) in [4.78, 5) is 26.7. The molecule has 0 bridgehead atoms. The van der Waals surface area contributed by atoms with Gasteiger partial charge < -0.3 is 0 Å². The lowest BCUT2D eigenvalue weighted by molar-refractivity contribution is 0.102. The Morgan fingerprint density at radius 2 is 1.79 bits per heavy atom. The van der Waals surface area contributed by atoms with E-state index in [1.807, 2.05) is 47.8 Å². The van der Waals surface area contributed by atoms with Crippen LogP contribution >= 0.6 is 11.3 Å². The molecule has 0 radical (unpaired) electrons. The number of fused-ring (bicyclic) bond motifs is 1. The summed E-state index contributed by atoms with van der Waals surface area (Å²) in [6, 6.07) is 15.1. The minimum Gasteiger partial charge on any atom is -0.298 e. The molecule has 0 fully saturated rings. The fraction of sp³-hybridized carbons (Fsp3) is 0.182. The molecule has 0 aliphatic rings. The summed E-state index contributed by atoms with van der Waals surface area (Å²) < 4.78 is 0. The molecule has 4 aromatic rings. The third-order valence-corrected chi connectivity index (χ3v) is 5.14. The van der Waals surface area contributed by atoms with E-state index in [0.717, 1.165) is 22.3 Å². The lowest BCUT2D eigenvalue weighted by atomic mass is 9.93. The number of para-hydroxylation sites is 1. The van der Waals surface area contributed by atoms with Crippen LogP contribution in [0.5, 0.6) is 0 Å². The van der Waals surface area contributed by atoms with E-state index in [2.05, 4.69) is 41.0 Å². The van der Waals surface area contributed by atoms with Crippen LogP contribution in [0.3, 0.4) is 0 Å². The van der Waals surface area contributed by atoms with Crippen molar-refractivity contribution in [3.05, 3.63) is 71.4 Å².